The molecule has 0 radical (unpaired) electrons. The number of carbonyl (C=O) groups is 1. The van der Waals surface area contributed by atoms with Crippen LogP contribution in [0.3, 0.4) is 0 Å². The van der Waals surface area contributed by atoms with E-state index in [0.29, 0.717) is 18.8 Å². The third kappa shape index (κ3) is 3.16. The van der Waals surface area contributed by atoms with Crippen LogP contribution >= 0.6 is 12.4 Å². The van der Waals surface area contributed by atoms with Crippen LogP contribution in [-0.4, -0.2) is 37.6 Å². The molecule has 0 fully saturated rings. The number of hydrogen-bond donors (Lipinski definition) is 1. The minimum atomic E-state index is -0.457. The van der Waals surface area contributed by atoms with Crippen molar-refractivity contribution in [3.63, 3.8) is 0 Å². The number of methoxy groups -OCH3 is 2. The third-order valence-corrected chi connectivity index (χ3v) is 3.42. The number of benzene rings is 1. The Morgan fingerprint density at radius 3 is 2.30 bits per heavy atom. The number of hydrogen-bond acceptors (Lipinski definition) is 4. The summed E-state index contributed by atoms with van der Waals surface area (Å²) in [7, 11) is 3.23. The third-order valence-electron chi connectivity index (χ3n) is 3.42. The van der Waals surface area contributed by atoms with Crippen molar-refractivity contribution in [2.24, 2.45) is 5.73 Å². The quantitative estimate of drug-likeness (QED) is 0.915. The zero-order valence-corrected chi connectivity index (χ0v) is 12.8. The van der Waals surface area contributed by atoms with Crippen molar-refractivity contribution >= 4 is 18.3 Å². The van der Waals surface area contributed by atoms with E-state index in [2.05, 4.69) is 0 Å². The summed E-state index contributed by atoms with van der Waals surface area (Å²) < 4.78 is 10.6. The lowest BCUT2D eigenvalue weighted by Crippen LogP contribution is -2.44. The maximum Gasteiger partial charge on any atom is 0.239 e. The van der Waals surface area contributed by atoms with E-state index in [1.54, 1.807) is 26.0 Å². The molecule has 1 aliphatic rings. The number of halogens is 1. The fourth-order valence-electron chi connectivity index (χ4n) is 2.36. The molecule has 1 aliphatic heterocycles. The Bertz CT molecular complexity index is 492. The van der Waals surface area contributed by atoms with Crippen molar-refractivity contribution < 1.29 is 14.3 Å². The Balaban J connectivity index is 0.00000200. The Morgan fingerprint density at radius 2 is 1.80 bits per heavy atom. The van der Waals surface area contributed by atoms with Gasteiger partial charge in [-0.05, 0) is 36.6 Å². The average Bonchev–Trinajstić information content (AvgIpc) is 2.44. The smallest absolute Gasteiger partial charge is 0.239 e. The molecular weight excluding hydrogens is 280 g/mol. The summed E-state index contributed by atoms with van der Waals surface area (Å²) in [4.78, 5) is 13.7. The van der Waals surface area contributed by atoms with Crippen LogP contribution in [0.2, 0.25) is 0 Å². The van der Waals surface area contributed by atoms with Crippen LogP contribution in [0.5, 0.6) is 11.5 Å². The minimum absolute atomic E-state index is 0. The van der Waals surface area contributed by atoms with Gasteiger partial charge >= 0.3 is 0 Å². The van der Waals surface area contributed by atoms with Gasteiger partial charge in [0.05, 0.1) is 20.3 Å². The maximum absolute atomic E-state index is 11.9. The Hall–Kier alpha value is -1.46. The maximum atomic E-state index is 11.9. The fraction of sp³-hybridized carbons (Fsp3) is 0.500. The van der Waals surface area contributed by atoms with Crippen LogP contribution in [0, 0.1) is 0 Å². The first kappa shape index (κ1) is 16.6. The molecule has 0 bridgehead atoms. The second-order valence-electron chi connectivity index (χ2n) is 4.77. The minimum Gasteiger partial charge on any atom is -0.493 e. The predicted octanol–water partition coefficient (Wildman–Crippen LogP) is 1.36. The molecular formula is C14H21ClN2O3. The second kappa shape index (κ2) is 6.81. The van der Waals surface area contributed by atoms with Crippen molar-refractivity contribution in [3.05, 3.63) is 23.3 Å². The first-order chi connectivity index (χ1) is 9.06. The summed E-state index contributed by atoms with van der Waals surface area (Å²) in [5, 5.41) is 0. The van der Waals surface area contributed by atoms with Crippen LogP contribution < -0.4 is 15.2 Å². The van der Waals surface area contributed by atoms with E-state index in [9.17, 15) is 4.79 Å². The van der Waals surface area contributed by atoms with Crippen LogP contribution in [-0.2, 0) is 17.8 Å². The van der Waals surface area contributed by atoms with Gasteiger partial charge in [0.2, 0.25) is 5.91 Å². The molecule has 2 N–H and O–H groups in total. The number of fused-ring (bicyclic) bond motifs is 1. The summed E-state index contributed by atoms with van der Waals surface area (Å²) in [6.07, 6.45) is 0.814. The summed E-state index contributed by atoms with van der Waals surface area (Å²) in [5.74, 6) is 1.41. The monoisotopic (exact) mass is 300 g/mol. The van der Waals surface area contributed by atoms with Gasteiger partial charge in [-0.1, -0.05) is 0 Å². The van der Waals surface area contributed by atoms with E-state index in [1.165, 1.54) is 5.56 Å². The molecule has 0 aliphatic carbocycles. The number of ether oxygens (including phenoxy) is 2. The van der Waals surface area contributed by atoms with Gasteiger partial charge in [0, 0.05) is 13.1 Å². The van der Waals surface area contributed by atoms with Gasteiger partial charge in [0.15, 0.2) is 11.5 Å². The average molecular weight is 301 g/mol. The SMILES string of the molecule is COc1cc2c(cc1OC)CN(C(=O)[C@@H](C)N)CC2.Cl. The number of nitrogens with zero attached hydrogens (tertiary/aromatic N) is 1. The largest absolute Gasteiger partial charge is 0.493 e. The van der Waals surface area contributed by atoms with E-state index in [-0.39, 0.29) is 18.3 Å². The highest BCUT2D eigenvalue weighted by Gasteiger charge is 2.24. The van der Waals surface area contributed by atoms with E-state index >= 15 is 0 Å². The highest BCUT2D eigenvalue weighted by molar-refractivity contribution is 5.85. The molecule has 20 heavy (non-hydrogen) atoms. The first-order valence-corrected chi connectivity index (χ1v) is 6.35. The van der Waals surface area contributed by atoms with Crippen molar-refractivity contribution in [3.8, 4) is 11.5 Å². The highest BCUT2D eigenvalue weighted by atomic mass is 35.5. The van der Waals surface area contributed by atoms with Gasteiger partial charge in [-0.15, -0.1) is 12.4 Å². The number of amides is 1. The first-order valence-electron chi connectivity index (χ1n) is 6.35. The van der Waals surface area contributed by atoms with E-state index < -0.39 is 6.04 Å². The molecule has 0 unspecified atom stereocenters. The molecule has 1 aromatic carbocycles. The van der Waals surface area contributed by atoms with Crippen molar-refractivity contribution in [2.75, 3.05) is 20.8 Å². The Morgan fingerprint density at radius 1 is 1.25 bits per heavy atom. The number of nitrogens with two attached hydrogens (primary N) is 1. The summed E-state index contributed by atoms with van der Waals surface area (Å²) in [6, 6.07) is 3.47. The van der Waals surface area contributed by atoms with E-state index in [0.717, 1.165) is 17.7 Å². The Kier molecular flexibility index (Phi) is 5.65. The number of carbonyl (C=O) groups excluding carboxylic acids is 1. The molecule has 5 nitrogen and oxygen atoms in total. The molecule has 0 saturated heterocycles. The zero-order chi connectivity index (χ0) is 14.0. The van der Waals surface area contributed by atoms with Crippen LogP contribution in [0.25, 0.3) is 0 Å². The second-order valence-corrected chi connectivity index (χ2v) is 4.77. The summed E-state index contributed by atoms with van der Waals surface area (Å²) >= 11 is 0. The predicted molar refractivity (Wildman–Crippen MR) is 79.6 cm³/mol. The normalized spacial score (nSPS) is 14.9. The molecule has 0 spiro atoms. The molecule has 0 saturated carbocycles. The van der Waals surface area contributed by atoms with Gasteiger partial charge in [-0.25, -0.2) is 0 Å². The lowest BCUT2D eigenvalue weighted by atomic mass is 9.98. The number of rotatable bonds is 3. The molecule has 1 aromatic rings. The topological polar surface area (TPSA) is 64.8 Å². The van der Waals surface area contributed by atoms with E-state index in [4.69, 9.17) is 15.2 Å². The van der Waals surface area contributed by atoms with Crippen molar-refractivity contribution in [1.82, 2.24) is 4.90 Å². The van der Waals surface area contributed by atoms with Crippen molar-refractivity contribution in [1.29, 1.82) is 0 Å². The van der Waals surface area contributed by atoms with Gasteiger partial charge in [-0.3, -0.25) is 4.79 Å². The molecule has 2 rings (SSSR count). The standard InChI is InChI=1S/C14H20N2O3.ClH/c1-9(15)14(17)16-5-4-10-6-12(18-2)13(19-3)7-11(10)8-16;/h6-7,9H,4-5,8,15H2,1-3H3;1H/t9-;/m1./s1. The lowest BCUT2D eigenvalue weighted by Gasteiger charge is -2.30. The fourth-order valence-corrected chi connectivity index (χ4v) is 2.36. The van der Waals surface area contributed by atoms with Gasteiger partial charge < -0.3 is 20.1 Å². The molecule has 1 heterocycles. The molecule has 112 valence electrons. The van der Waals surface area contributed by atoms with Gasteiger partial charge in [0.25, 0.3) is 0 Å². The molecule has 1 amide bonds. The summed E-state index contributed by atoms with van der Waals surface area (Å²) in [5.41, 5.74) is 7.95. The van der Waals surface area contributed by atoms with Crippen molar-refractivity contribution in [2.45, 2.75) is 25.9 Å². The van der Waals surface area contributed by atoms with Gasteiger partial charge in [0.1, 0.15) is 0 Å². The summed E-state index contributed by atoms with van der Waals surface area (Å²) in [6.45, 7) is 2.99. The molecule has 1 atom stereocenters. The van der Waals surface area contributed by atoms with Crippen LogP contribution in [0.1, 0.15) is 18.1 Å². The molecule has 0 aromatic heterocycles. The van der Waals surface area contributed by atoms with E-state index in [1.807, 2.05) is 12.1 Å². The lowest BCUT2D eigenvalue weighted by molar-refractivity contribution is -0.133. The molecule has 6 heteroatoms. The van der Waals surface area contributed by atoms with Crippen LogP contribution in [0.15, 0.2) is 12.1 Å². The van der Waals surface area contributed by atoms with Crippen LogP contribution in [0.4, 0.5) is 0 Å². The Labute approximate surface area is 125 Å². The highest BCUT2D eigenvalue weighted by Crippen LogP contribution is 2.33. The zero-order valence-electron chi connectivity index (χ0n) is 12.0. The van der Waals surface area contributed by atoms with Gasteiger partial charge in [-0.2, -0.15) is 0 Å².